The molecule has 0 aromatic heterocycles. The number of carbonyl (C=O) groups excluding carboxylic acids is 1. The highest BCUT2D eigenvalue weighted by molar-refractivity contribution is 5.97. The smallest absolute Gasteiger partial charge is 0.258 e. The number of aromatic hydroxyl groups is 1. The normalized spacial score (nSPS) is 15.4. The maximum absolute atomic E-state index is 13.8. The van der Waals surface area contributed by atoms with Crippen LogP contribution in [-0.4, -0.2) is 42.7 Å². The van der Waals surface area contributed by atoms with Crippen LogP contribution in [0.15, 0.2) is 36.4 Å². The van der Waals surface area contributed by atoms with Gasteiger partial charge in [0.25, 0.3) is 5.91 Å². The van der Waals surface area contributed by atoms with Crippen LogP contribution in [0.3, 0.4) is 0 Å². The molecule has 5 nitrogen and oxygen atoms in total. The fourth-order valence-electron chi connectivity index (χ4n) is 3.45. The summed E-state index contributed by atoms with van der Waals surface area (Å²) in [7, 11) is 1.64. The Morgan fingerprint density at radius 3 is 2.50 bits per heavy atom. The molecule has 2 aromatic rings. The molecule has 2 aromatic carbocycles. The Kier molecular flexibility index (Phi) is 6.46. The summed E-state index contributed by atoms with van der Waals surface area (Å²) in [5.74, 6) is -2.29. The number of halogens is 2. The van der Waals surface area contributed by atoms with E-state index in [1.165, 1.54) is 5.56 Å². The molecule has 3 rings (SSSR count). The Labute approximate surface area is 162 Å². The van der Waals surface area contributed by atoms with Crippen LogP contribution in [-0.2, 0) is 6.54 Å². The molecule has 1 fully saturated rings. The van der Waals surface area contributed by atoms with Crippen molar-refractivity contribution in [1.82, 2.24) is 10.2 Å². The molecule has 0 bridgehead atoms. The summed E-state index contributed by atoms with van der Waals surface area (Å²) in [5.41, 5.74) is 0.702. The van der Waals surface area contributed by atoms with E-state index in [0.717, 1.165) is 44.3 Å². The van der Waals surface area contributed by atoms with Crippen LogP contribution in [0.25, 0.3) is 0 Å². The fraction of sp³-hybridized carbons (Fsp3) is 0.381. The summed E-state index contributed by atoms with van der Waals surface area (Å²) >= 11 is 0. The highest BCUT2D eigenvalue weighted by Crippen LogP contribution is 2.23. The third kappa shape index (κ3) is 4.98. The van der Waals surface area contributed by atoms with Gasteiger partial charge in [-0.25, -0.2) is 8.78 Å². The Balaban J connectivity index is 1.46. The maximum Gasteiger partial charge on any atom is 0.258 e. The first kappa shape index (κ1) is 20.1. The maximum atomic E-state index is 13.8. The molecule has 0 saturated carbocycles. The average Bonchev–Trinajstić information content (AvgIpc) is 2.67. The third-order valence-corrected chi connectivity index (χ3v) is 5.08. The zero-order valence-electron chi connectivity index (χ0n) is 15.8. The summed E-state index contributed by atoms with van der Waals surface area (Å²) in [5, 5.41) is 12.3. The van der Waals surface area contributed by atoms with Crippen molar-refractivity contribution in [2.45, 2.75) is 19.4 Å². The van der Waals surface area contributed by atoms with Crippen molar-refractivity contribution >= 4 is 5.91 Å². The summed E-state index contributed by atoms with van der Waals surface area (Å²) in [6, 6.07) is 9.31. The second-order valence-electron chi connectivity index (χ2n) is 7.06. The quantitative estimate of drug-likeness (QED) is 0.794. The summed E-state index contributed by atoms with van der Waals surface area (Å²) in [4.78, 5) is 14.5. The van der Waals surface area contributed by atoms with E-state index < -0.39 is 28.9 Å². The Hall–Kier alpha value is -2.67. The monoisotopic (exact) mass is 390 g/mol. The number of phenolic OH excluding ortho intramolecular Hbond substituents is 1. The van der Waals surface area contributed by atoms with E-state index in [4.69, 9.17) is 4.74 Å². The van der Waals surface area contributed by atoms with Crippen molar-refractivity contribution < 1.29 is 23.4 Å². The lowest BCUT2D eigenvalue weighted by molar-refractivity contribution is 0.0928. The number of nitrogens with zero attached hydrogens (tertiary/aromatic N) is 1. The molecular formula is C21H24F2N2O3. The van der Waals surface area contributed by atoms with Gasteiger partial charge < -0.3 is 15.2 Å². The molecule has 1 aliphatic rings. The van der Waals surface area contributed by atoms with Gasteiger partial charge in [0.05, 0.1) is 7.11 Å². The first-order valence-corrected chi connectivity index (χ1v) is 9.27. The highest BCUT2D eigenvalue weighted by Gasteiger charge is 2.22. The first-order valence-electron chi connectivity index (χ1n) is 9.27. The van der Waals surface area contributed by atoms with Gasteiger partial charge in [0.2, 0.25) is 0 Å². The zero-order valence-corrected chi connectivity index (χ0v) is 15.8. The van der Waals surface area contributed by atoms with Crippen LogP contribution in [0.5, 0.6) is 11.5 Å². The Morgan fingerprint density at radius 1 is 1.21 bits per heavy atom. The summed E-state index contributed by atoms with van der Waals surface area (Å²) < 4.78 is 32.0. The minimum Gasteiger partial charge on any atom is -0.507 e. The molecule has 2 N–H and O–H groups in total. The number of nitrogens with one attached hydrogen (secondary N) is 1. The lowest BCUT2D eigenvalue weighted by Gasteiger charge is -2.32. The molecule has 1 heterocycles. The number of rotatable bonds is 6. The number of piperidine rings is 1. The molecule has 28 heavy (non-hydrogen) atoms. The van der Waals surface area contributed by atoms with Gasteiger partial charge in [-0.1, -0.05) is 12.1 Å². The lowest BCUT2D eigenvalue weighted by atomic mass is 9.96. The summed E-state index contributed by atoms with van der Waals surface area (Å²) in [6.45, 7) is 3.06. The molecule has 1 amide bonds. The minimum absolute atomic E-state index is 0.279. The molecule has 0 radical (unpaired) electrons. The van der Waals surface area contributed by atoms with Crippen molar-refractivity contribution in [3.63, 3.8) is 0 Å². The minimum atomic E-state index is -1.07. The van der Waals surface area contributed by atoms with Crippen LogP contribution < -0.4 is 10.1 Å². The van der Waals surface area contributed by atoms with Crippen molar-refractivity contribution in [2.75, 3.05) is 26.7 Å². The topological polar surface area (TPSA) is 61.8 Å². The van der Waals surface area contributed by atoms with E-state index in [2.05, 4.69) is 22.3 Å². The molecule has 0 atom stereocenters. The number of hydrogen-bond acceptors (Lipinski definition) is 4. The highest BCUT2D eigenvalue weighted by atomic mass is 19.1. The molecule has 0 unspecified atom stereocenters. The van der Waals surface area contributed by atoms with E-state index >= 15 is 0 Å². The fourth-order valence-corrected chi connectivity index (χ4v) is 3.45. The molecule has 7 heteroatoms. The van der Waals surface area contributed by atoms with Crippen LogP contribution in [0.4, 0.5) is 8.78 Å². The Bertz CT molecular complexity index is 796. The largest absolute Gasteiger partial charge is 0.507 e. The number of likely N-dealkylation sites (tertiary alicyclic amines) is 1. The van der Waals surface area contributed by atoms with Gasteiger partial charge in [-0.15, -0.1) is 0 Å². The number of amides is 1. The van der Waals surface area contributed by atoms with Crippen molar-refractivity contribution in [3.8, 4) is 11.5 Å². The lowest BCUT2D eigenvalue weighted by Crippen LogP contribution is -2.38. The molecule has 150 valence electrons. The van der Waals surface area contributed by atoms with Crippen molar-refractivity contribution in [2.24, 2.45) is 5.92 Å². The molecular weight excluding hydrogens is 366 g/mol. The van der Waals surface area contributed by atoms with Gasteiger partial charge in [0.1, 0.15) is 28.7 Å². The summed E-state index contributed by atoms with van der Waals surface area (Å²) in [6.07, 6.45) is 1.82. The van der Waals surface area contributed by atoms with E-state index in [9.17, 15) is 18.7 Å². The van der Waals surface area contributed by atoms with Crippen molar-refractivity contribution in [3.05, 3.63) is 59.2 Å². The van der Waals surface area contributed by atoms with Gasteiger partial charge in [-0.3, -0.25) is 9.69 Å². The number of hydrogen-bond donors (Lipinski definition) is 2. The van der Waals surface area contributed by atoms with Gasteiger partial charge in [-0.05, 0) is 49.5 Å². The second kappa shape index (κ2) is 9.01. The Morgan fingerprint density at radius 2 is 1.89 bits per heavy atom. The molecule has 1 saturated heterocycles. The van der Waals surface area contributed by atoms with E-state index in [1.807, 2.05) is 12.1 Å². The van der Waals surface area contributed by atoms with Gasteiger partial charge in [0.15, 0.2) is 0 Å². The number of benzene rings is 2. The second-order valence-corrected chi connectivity index (χ2v) is 7.06. The predicted octanol–water partition coefficient (Wildman–Crippen LogP) is 3.32. The van der Waals surface area contributed by atoms with Crippen LogP contribution >= 0.6 is 0 Å². The van der Waals surface area contributed by atoms with E-state index in [1.54, 1.807) is 7.11 Å². The van der Waals surface area contributed by atoms with Crippen molar-refractivity contribution in [1.29, 1.82) is 0 Å². The number of phenols is 1. The van der Waals surface area contributed by atoms with Crippen LogP contribution in [0.1, 0.15) is 28.8 Å². The zero-order chi connectivity index (χ0) is 20.1. The first-order chi connectivity index (χ1) is 13.5. The average molecular weight is 390 g/mol. The number of ether oxygens (including phenoxy) is 1. The number of carbonyl (C=O) groups is 1. The SMILES string of the molecule is COc1ccc(CN2CCC(CNC(=O)c3c(O)cc(F)cc3F)CC2)cc1. The van der Waals surface area contributed by atoms with E-state index in [-0.39, 0.29) is 5.92 Å². The van der Waals surface area contributed by atoms with Gasteiger partial charge in [-0.2, -0.15) is 0 Å². The molecule has 0 aliphatic carbocycles. The molecule has 1 aliphatic heterocycles. The van der Waals surface area contributed by atoms with E-state index in [0.29, 0.717) is 12.6 Å². The van der Waals surface area contributed by atoms with Gasteiger partial charge >= 0.3 is 0 Å². The van der Waals surface area contributed by atoms with Gasteiger partial charge in [0, 0.05) is 25.2 Å². The molecule has 0 spiro atoms. The van der Waals surface area contributed by atoms with Crippen LogP contribution in [0.2, 0.25) is 0 Å². The third-order valence-electron chi connectivity index (χ3n) is 5.08. The predicted molar refractivity (Wildman–Crippen MR) is 101 cm³/mol. The van der Waals surface area contributed by atoms with Crippen LogP contribution in [0, 0.1) is 17.6 Å². The number of methoxy groups -OCH3 is 1. The standard InChI is InChI=1S/C21H24F2N2O3/c1-28-17-4-2-15(3-5-17)13-25-8-6-14(7-9-25)12-24-21(27)20-18(23)10-16(22)11-19(20)26/h2-5,10-11,14,26H,6-9,12-13H2,1H3,(H,24,27).